The minimum atomic E-state index is -5.48. The van der Waals surface area contributed by atoms with Gasteiger partial charge in [0, 0.05) is 18.2 Å². The quantitative estimate of drug-likeness (QED) is 0.103. The van der Waals surface area contributed by atoms with E-state index in [-0.39, 0.29) is 0 Å². The van der Waals surface area contributed by atoms with Gasteiger partial charge in [0.15, 0.2) is 6.23 Å². The highest BCUT2D eigenvalue weighted by atomic mass is 31.2. The van der Waals surface area contributed by atoms with Crippen molar-refractivity contribution in [3.05, 3.63) is 33.1 Å². The van der Waals surface area contributed by atoms with Gasteiger partial charge in [-0.25, -0.2) is 18.5 Å². The molecular weight excluding hydrogens is 617 g/mol. The van der Waals surface area contributed by atoms with Crippen LogP contribution in [0.4, 0.5) is 0 Å². The smallest absolute Gasteiger partial charge is 0.394 e. The molecule has 0 unspecified atom stereocenters. The number of phosphoric acid groups is 3. The first-order valence-electron chi connectivity index (χ1n) is 11.1. The lowest BCUT2D eigenvalue weighted by Crippen LogP contribution is -2.60. The lowest BCUT2D eigenvalue weighted by atomic mass is 9.85. The van der Waals surface area contributed by atoms with Gasteiger partial charge in [0.1, 0.15) is 30.5 Å². The standard InChI is InChI=1S/C16H27N2O19P3/c19-4-8-6(12(35-38(24,25)26)15(34-8)18-2-1-10(21)17-16(18)23)3-7-11(22)14(37-40(30,31)32)13(9(5-20)33-7)36-39(27,28)29/h1-2,6-9,11-15,19-20,22H,3-5H2,(H,17,21,23)(H2,24,25,26)(H2,27,28,29)(H2,30,31,32)/t6-,7-,8-,9-,11+,12-,13-,14-,15-/m1/s1. The van der Waals surface area contributed by atoms with Crippen LogP contribution in [0, 0.1) is 5.92 Å². The fraction of sp³-hybridized carbons (Fsp3) is 0.750. The Morgan fingerprint density at radius 3 is 1.82 bits per heavy atom. The number of rotatable bonds is 11. The van der Waals surface area contributed by atoms with E-state index in [2.05, 4.69) is 9.05 Å². The summed E-state index contributed by atoms with van der Waals surface area (Å²) in [7, 11) is -16.3. The fourth-order valence-corrected chi connectivity index (χ4v) is 6.27. The molecule has 21 nitrogen and oxygen atoms in total. The number of H-pyrrole nitrogens is 1. The maximum absolute atomic E-state index is 12.3. The number of aromatic amines is 1. The topological polar surface area (TPSA) is 334 Å². The van der Waals surface area contributed by atoms with Crippen molar-refractivity contribution < 1.29 is 81.4 Å². The molecule has 3 heterocycles. The van der Waals surface area contributed by atoms with Crippen molar-refractivity contribution in [1.29, 1.82) is 0 Å². The van der Waals surface area contributed by atoms with Crippen molar-refractivity contribution in [2.24, 2.45) is 5.92 Å². The van der Waals surface area contributed by atoms with Crippen LogP contribution in [0.2, 0.25) is 0 Å². The molecule has 3 rings (SSSR count). The van der Waals surface area contributed by atoms with E-state index in [0.29, 0.717) is 4.57 Å². The molecule has 24 heteroatoms. The minimum Gasteiger partial charge on any atom is -0.394 e. The van der Waals surface area contributed by atoms with Gasteiger partial charge in [-0.3, -0.25) is 27.9 Å². The molecule has 1 aromatic rings. The van der Waals surface area contributed by atoms with Gasteiger partial charge < -0.3 is 54.2 Å². The Hall–Kier alpha value is -1.19. The first kappa shape index (κ1) is 33.3. The van der Waals surface area contributed by atoms with Crippen LogP contribution >= 0.6 is 23.5 Å². The van der Waals surface area contributed by atoms with Crippen LogP contribution in [0.5, 0.6) is 0 Å². The summed E-state index contributed by atoms with van der Waals surface area (Å²) in [5.74, 6) is -1.38. The molecule has 2 fully saturated rings. The second-order valence-electron chi connectivity index (χ2n) is 8.73. The van der Waals surface area contributed by atoms with E-state index in [0.717, 1.165) is 12.3 Å². The van der Waals surface area contributed by atoms with Crippen molar-refractivity contribution in [2.75, 3.05) is 13.2 Å². The van der Waals surface area contributed by atoms with Gasteiger partial charge >= 0.3 is 29.2 Å². The van der Waals surface area contributed by atoms with Crippen molar-refractivity contribution in [2.45, 2.75) is 55.4 Å². The average Bonchev–Trinajstić information content (AvgIpc) is 3.11. The van der Waals surface area contributed by atoms with Gasteiger partial charge in [-0.15, -0.1) is 0 Å². The summed E-state index contributed by atoms with van der Waals surface area (Å²) in [5.41, 5.74) is -1.91. The predicted molar refractivity (Wildman–Crippen MR) is 123 cm³/mol. The summed E-state index contributed by atoms with van der Waals surface area (Å²) in [4.78, 5) is 81.7. The maximum Gasteiger partial charge on any atom is 0.470 e. The second-order valence-corrected chi connectivity index (χ2v) is 12.3. The van der Waals surface area contributed by atoms with Crippen LogP contribution < -0.4 is 11.2 Å². The van der Waals surface area contributed by atoms with Crippen molar-refractivity contribution in [3.8, 4) is 0 Å². The van der Waals surface area contributed by atoms with Gasteiger partial charge in [0.2, 0.25) is 0 Å². The Labute approximate surface area is 222 Å². The minimum absolute atomic E-state index is 0.633. The van der Waals surface area contributed by atoms with E-state index in [1.807, 2.05) is 4.98 Å². The third-order valence-corrected chi connectivity index (χ3v) is 7.57. The van der Waals surface area contributed by atoms with E-state index in [9.17, 15) is 68.0 Å². The van der Waals surface area contributed by atoms with Gasteiger partial charge in [0.05, 0.1) is 25.4 Å². The number of hydrogen-bond acceptors (Lipinski definition) is 13. The van der Waals surface area contributed by atoms with Crippen LogP contribution in [0.25, 0.3) is 0 Å². The molecule has 0 bridgehead atoms. The monoisotopic (exact) mass is 644 g/mol. The Morgan fingerprint density at radius 2 is 1.32 bits per heavy atom. The molecule has 230 valence electrons. The summed E-state index contributed by atoms with van der Waals surface area (Å²) < 4.78 is 60.3. The van der Waals surface area contributed by atoms with E-state index in [4.69, 9.17) is 14.0 Å². The Kier molecular flexibility index (Phi) is 10.5. The average molecular weight is 644 g/mol. The molecular formula is C16H27N2O19P3. The highest BCUT2D eigenvalue weighted by molar-refractivity contribution is 7.46. The molecule has 0 spiro atoms. The fourth-order valence-electron chi connectivity index (χ4n) is 4.56. The number of aliphatic hydroxyl groups is 3. The molecule has 9 atom stereocenters. The third-order valence-electron chi connectivity index (χ3n) is 6.02. The molecule has 10 N–H and O–H groups in total. The summed E-state index contributed by atoms with van der Waals surface area (Å²) in [6, 6.07) is 0.881. The van der Waals surface area contributed by atoms with E-state index < -0.39 is 109 Å². The molecule has 0 aromatic carbocycles. The number of phosphoric ester groups is 3. The van der Waals surface area contributed by atoms with Crippen LogP contribution in [-0.4, -0.2) is 110 Å². The Morgan fingerprint density at radius 1 is 0.800 bits per heavy atom. The lowest BCUT2D eigenvalue weighted by Gasteiger charge is -2.44. The van der Waals surface area contributed by atoms with Crippen LogP contribution in [-0.2, 0) is 36.7 Å². The highest BCUT2D eigenvalue weighted by Crippen LogP contribution is 2.50. The summed E-state index contributed by atoms with van der Waals surface area (Å²) in [5, 5.41) is 30.5. The molecule has 2 aliphatic heterocycles. The van der Waals surface area contributed by atoms with E-state index in [1.165, 1.54) is 0 Å². The molecule has 40 heavy (non-hydrogen) atoms. The first-order valence-corrected chi connectivity index (χ1v) is 15.7. The number of nitrogens with one attached hydrogen (secondary N) is 1. The van der Waals surface area contributed by atoms with Gasteiger partial charge in [-0.1, -0.05) is 0 Å². The predicted octanol–water partition coefficient (Wildman–Crippen LogP) is -4.01. The number of aliphatic hydroxyl groups excluding tert-OH is 3. The van der Waals surface area contributed by atoms with Gasteiger partial charge in [-0.2, -0.15) is 0 Å². The Bertz CT molecular complexity index is 1280. The van der Waals surface area contributed by atoms with Crippen LogP contribution in [0.15, 0.2) is 21.9 Å². The lowest BCUT2D eigenvalue weighted by molar-refractivity contribution is -0.226. The number of hydrogen-bond donors (Lipinski definition) is 10. The molecule has 0 saturated carbocycles. The van der Waals surface area contributed by atoms with Crippen molar-refractivity contribution in [3.63, 3.8) is 0 Å². The number of nitrogens with zero attached hydrogens (tertiary/aromatic N) is 1. The molecule has 0 amide bonds. The maximum atomic E-state index is 12.3. The number of ether oxygens (including phenoxy) is 2. The highest BCUT2D eigenvalue weighted by Gasteiger charge is 2.55. The zero-order chi connectivity index (χ0) is 30.2. The normalized spacial score (nSPS) is 33.8. The molecule has 2 saturated heterocycles. The second kappa shape index (κ2) is 12.6. The number of aromatic nitrogens is 2. The zero-order valence-corrected chi connectivity index (χ0v) is 22.6. The van der Waals surface area contributed by atoms with Crippen molar-refractivity contribution >= 4 is 23.5 Å². The van der Waals surface area contributed by atoms with Crippen LogP contribution in [0.3, 0.4) is 0 Å². The van der Waals surface area contributed by atoms with E-state index >= 15 is 0 Å². The largest absolute Gasteiger partial charge is 0.470 e. The summed E-state index contributed by atoms with van der Waals surface area (Å²) in [6.07, 6.45) is -14.6. The van der Waals surface area contributed by atoms with E-state index in [1.54, 1.807) is 0 Å². The molecule has 1 aromatic heterocycles. The van der Waals surface area contributed by atoms with Gasteiger partial charge in [-0.05, 0) is 6.42 Å². The molecule has 0 aliphatic carbocycles. The molecule has 0 radical (unpaired) electrons. The third kappa shape index (κ3) is 8.43. The van der Waals surface area contributed by atoms with Gasteiger partial charge in [0.25, 0.3) is 5.56 Å². The zero-order valence-electron chi connectivity index (χ0n) is 19.9. The molecule has 2 aliphatic rings. The summed E-state index contributed by atoms with van der Waals surface area (Å²) >= 11 is 0. The van der Waals surface area contributed by atoms with Crippen LogP contribution in [0.1, 0.15) is 12.6 Å². The first-order chi connectivity index (χ1) is 18.3. The van der Waals surface area contributed by atoms with Crippen molar-refractivity contribution in [1.82, 2.24) is 9.55 Å². The SMILES string of the molecule is O=c1ccn([C@@H]2O[C@H](CO)[C@@H](C[C@H]3O[C@H](CO)[C@@H](OP(=O)(O)O)[C@H](OP(=O)(O)O)[C@H]3O)[C@H]2OP(=O)(O)O)c(=O)[nH]1. The summed E-state index contributed by atoms with van der Waals surface area (Å²) in [6.45, 7) is -1.95. The Balaban J connectivity index is 2.01.